The zero-order chi connectivity index (χ0) is 10.6. The van der Waals surface area contributed by atoms with E-state index in [4.69, 9.17) is 5.73 Å². The monoisotopic (exact) mass is 200 g/mol. The van der Waals surface area contributed by atoms with Crippen molar-refractivity contribution >= 4 is 5.69 Å². The second kappa shape index (κ2) is 4.37. The number of nitrogens with two attached hydrogens (primary N) is 1. The molecule has 0 atom stereocenters. The second-order valence-electron chi connectivity index (χ2n) is 3.18. The fourth-order valence-corrected chi connectivity index (χ4v) is 1.10. The van der Waals surface area contributed by atoms with Gasteiger partial charge in [0, 0.05) is 31.3 Å². The highest BCUT2D eigenvalue weighted by Crippen LogP contribution is 2.27. The van der Waals surface area contributed by atoms with E-state index < -0.39 is 5.92 Å². The first-order valence-electron chi connectivity index (χ1n) is 4.46. The van der Waals surface area contributed by atoms with Crippen molar-refractivity contribution in [3.8, 4) is 0 Å². The van der Waals surface area contributed by atoms with Crippen LogP contribution in [-0.2, 0) is 5.92 Å². The van der Waals surface area contributed by atoms with Crippen LogP contribution in [0, 0.1) is 0 Å². The predicted molar refractivity (Wildman–Crippen MR) is 53.6 cm³/mol. The summed E-state index contributed by atoms with van der Waals surface area (Å²) in [4.78, 5) is 0. The molecule has 0 unspecified atom stereocenters. The average Bonchev–Trinajstić information content (AvgIpc) is 2.14. The zero-order valence-electron chi connectivity index (χ0n) is 8.06. The fraction of sp³-hybridized carbons (Fsp3) is 0.400. The van der Waals surface area contributed by atoms with Gasteiger partial charge in [-0.15, -0.1) is 0 Å². The smallest absolute Gasteiger partial charge is 0.270 e. The van der Waals surface area contributed by atoms with Crippen molar-refractivity contribution in [1.82, 2.24) is 0 Å². The molecule has 0 aliphatic heterocycles. The van der Waals surface area contributed by atoms with Crippen LogP contribution in [0.15, 0.2) is 24.3 Å². The van der Waals surface area contributed by atoms with Gasteiger partial charge in [0.15, 0.2) is 0 Å². The Bertz CT molecular complexity index is 277. The molecular weight excluding hydrogens is 186 g/mol. The summed E-state index contributed by atoms with van der Waals surface area (Å²) in [7, 11) is 0. The molecule has 0 fully saturated rings. The van der Waals surface area contributed by atoms with Crippen LogP contribution in [0.1, 0.15) is 12.5 Å². The van der Waals surface area contributed by atoms with E-state index in [1.54, 1.807) is 12.1 Å². The summed E-state index contributed by atoms with van der Waals surface area (Å²) in [6, 6.07) is 6.09. The summed E-state index contributed by atoms with van der Waals surface area (Å²) in [5.41, 5.74) is 6.13. The molecule has 0 saturated heterocycles. The van der Waals surface area contributed by atoms with E-state index in [1.807, 2.05) is 0 Å². The van der Waals surface area contributed by atoms with E-state index in [1.165, 1.54) is 12.1 Å². The molecule has 0 bridgehead atoms. The van der Waals surface area contributed by atoms with Gasteiger partial charge >= 0.3 is 0 Å². The third-order valence-electron chi connectivity index (χ3n) is 1.87. The topological polar surface area (TPSA) is 38.0 Å². The fourth-order valence-electron chi connectivity index (χ4n) is 1.10. The lowest BCUT2D eigenvalue weighted by Gasteiger charge is -2.11. The summed E-state index contributed by atoms with van der Waals surface area (Å²) < 4.78 is 25.6. The molecule has 0 aliphatic rings. The van der Waals surface area contributed by atoms with Crippen LogP contribution in [0.25, 0.3) is 0 Å². The van der Waals surface area contributed by atoms with Gasteiger partial charge in [-0.2, -0.15) is 0 Å². The van der Waals surface area contributed by atoms with Crippen LogP contribution >= 0.6 is 0 Å². The SMILES string of the molecule is CC(F)(F)c1ccc(NCCN)cc1. The lowest BCUT2D eigenvalue weighted by molar-refractivity contribution is 0.0175. The second-order valence-corrected chi connectivity index (χ2v) is 3.18. The first-order chi connectivity index (χ1) is 6.54. The van der Waals surface area contributed by atoms with Crippen molar-refractivity contribution in [2.75, 3.05) is 18.4 Å². The Morgan fingerprint density at radius 2 is 1.86 bits per heavy atom. The van der Waals surface area contributed by atoms with Crippen molar-refractivity contribution < 1.29 is 8.78 Å². The Kier molecular flexibility index (Phi) is 3.41. The summed E-state index contributed by atoms with van der Waals surface area (Å²) in [5.74, 6) is -2.77. The van der Waals surface area contributed by atoms with E-state index in [0.717, 1.165) is 12.6 Å². The molecule has 1 rings (SSSR count). The van der Waals surface area contributed by atoms with Crippen LogP contribution < -0.4 is 11.1 Å². The molecule has 0 amide bonds. The molecule has 1 aromatic carbocycles. The Morgan fingerprint density at radius 3 is 2.29 bits per heavy atom. The highest BCUT2D eigenvalue weighted by atomic mass is 19.3. The van der Waals surface area contributed by atoms with E-state index >= 15 is 0 Å². The van der Waals surface area contributed by atoms with E-state index in [-0.39, 0.29) is 5.56 Å². The maximum Gasteiger partial charge on any atom is 0.270 e. The zero-order valence-corrected chi connectivity index (χ0v) is 8.06. The molecule has 2 nitrogen and oxygen atoms in total. The lowest BCUT2D eigenvalue weighted by Crippen LogP contribution is -2.13. The Morgan fingerprint density at radius 1 is 1.29 bits per heavy atom. The minimum absolute atomic E-state index is 0.0239. The molecule has 0 radical (unpaired) electrons. The number of halogens is 2. The molecule has 0 spiro atoms. The largest absolute Gasteiger partial charge is 0.384 e. The number of anilines is 1. The molecule has 3 N–H and O–H groups in total. The maximum atomic E-state index is 12.8. The molecule has 4 heteroatoms. The van der Waals surface area contributed by atoms with Gasteiger partial charge < -0.3 is 11.1 Å². The third kappa shape index (κ3) is 2.96. The van der Waals surface area contributed by atoms with Gasteiger partial charge in [0.1, 0.15) is 0 Å². The van der Waals surface area contributed by atoms with Gasteiger partial charge in [0.05, 0.1) is 0 Å². The van der Waals surface area contributed by atoms with E-state index in [2.05, 4.69) is 5.32 Å². The van der Waals surface area contributed by atoms with Gasteiger partial charge in [0.25, 0.3) is 5.92 Å². The third-order valence-corrected chi connectivity index (χ3v) is 1.87. The van der Waals surface area contributed by atoms with Crippen LogP contribution in [0.3, 0.4) is 0 Å². The Hall–Kier alpha value is -1.16. The first-order valence-corrected chi connectivity index (χ1v) is 4.46. The summed E-state index contributed by atoms with van der Waals surface area (Å²) in [5, 5.41) is 3.00. The summed E-state index contributed by atoms with van der Waals surface area (Å²) in [6.45, 7) is 2.04. The first kappa shape index (κ1) is 10.9. The van der Waals surface area contributed by atoms with Gasteiger partial charge in [-0.3, -0.25) is 0 Å². The summed E-state index contributed by atoms with van der Waals surface area (Å²) >= 11 is 0. The molecule has 0 heterocycles. The lowest BCUT2D eigenvalue weighted by atomic mass is 10.1. The summed E-state index contributed by atoms with van der Waals surface area (Å²) in [6.07, 6.45) is 0. The molecule has 0 aromatic heterocycles. The number of hydrogen-bond donors (Lipinski definition) is 2. The Labute approximate surface area is 82.1 Å². The molecule has 14 heavy (non-hydrogen) atoms. The van der Waals surface area contributed by atoms with E-state index in [9.17, 15) is 8.78 Å². The normalized spacial score (nSPS) is 11.4. The van der Waals surface area contributed by atoms with Crippen LogP contribution in [0.2, 0.25) is 0 Å². The molecule has 1 aromatic rings. The highest BCUT2D eigenvalue weighted by molar-refractivity contribution is 5.45. The predicted octanol–water partition coefficient (Wildman–Crippen LogP) is 2.17. The number of hydrogen-bond acceptors (Lipinski definition) is 2. The van der Waals surface area contributed by atoms with E-state index in [0.29, 0.717) is 13.1 Å². The molecule has 0 aliphatic carbocycles. The number of rotatable bonds is 4. The van der Waals surface area contributed by atoms with Crippen molar-refractivity contribution in [2.24, 2.45) is 5.73 Å². The minimum atomic E-state index is -2.77. The van der Waals surface area contributed by atoms with Crippen LogP contribution in [0.4, 0.5) is 14.5 Å². The van der Waals surface area contributed by atoms with Crippen molar-refractivity contribution in [3.05, 3.63) is 29.8 Å². The van der Waals surface area contributed by atoms with Crippen LogP contribution in [0.5, 0.6) is 0 Å². The number of nitrogens with one attached hydrogen (secondary N) is 1. The maximum absolute atomic E-state index is 12.8. The quantitative estimate of drug-likeness (QED) is 0.781. The standard InChI is InChI=1S/C10H14F2N2/c1-10(11,12)8-2-4-9(5-3-8)14-7-6-13/h2-5,14H,6-7,13H2,1H3. The van der Waals surface area contributed by atoms with Gasteiger partial charge in [0.2, 0.25) is 0 Å². The van der Waals surface area contributed by atoms with Crippen LogP contribution in [-0.4, -0.2) is 13.1 Å². The number of alkyl halides is 2. The van der Waals surface area contributed by atoms with Gasteiger partial charge in [-0.05, 0) is 12.1 Å². The van der Waals surface area contributed by atoms with Gasteiger partial charge in [-0.25, -0.2) is 8.78 Å². The molecule has 0 saturated carbocycles. The van der Waals surface area contributed by atoms with Crippen molar-refractivity contribution in [3.63, 3.8) is 0 Å². The molecule has 78 valence electrons. The highest BCUT2D eigenvalue weighted by Gasteiger charge is 2.23. The average molecular weight is 200 g/mol. The number of benzene rings is 1. The minimum Gasteiger partial charge on any atom is -0.384 e. The van der Waals surface area contributed by atoms with Crippen molar-refractivity contribution in [2.45, 2.75) is 12.8 Å². The Balaban J connectivity index is 2.69. The van der Waals surface area contributed by atoms with Crippen molar-refractivity contribution in [1.29, 1.82) is 0 Å². The van der Waals surface area contributed by atoms with Gasteiger partial charge in [-0.1, -0.05) is 12.1 Å². The molecular formula is C10H14F2N2.